The summed E-state index contributed by atoms with van der Waals surface area (Å²) in [5.74, 6) is 0.456. The Hall–Kier alpha value is -3.12. The number of hydrogen-bond acceptors (Lipinski definition) is 3. The molecule has 2 amide bonds. The van der Waals surface area contributed by atoms with E-state index in [9.17, 15) is 14.0 Å². The Morgan fingerprint density at radius 3 is 2.23 bits per heavy atom. The zero-order chi connectivity index (χ0) is 27.6. The summed E-state index contributed by atoms with van der Waals surface area (Å²) in [7, 11) is 0. The van der Waals surface area contributed by atoms with E-state index in [4.69, 9.17) is 0 Å². The first-order valence-electron chi connectivity index (χ1n) is 13.9. The molecule has 0 bridgehead atoms. The van der Waals surface area contributed by atoms with Gasteiger partial charge in [-0.1, -0.05) is 91.1 Å². The van der Waals surface area contributed by atoms with Gasteiger partial charge in [0.2, 0.25) is 11.8 Å². The molecule has 4 nitrogen and oxygen atoms in total. The number of aryl methyl sites for hydroxylation is 2. The Bertz CT molecular complexity index is 1210. The van der Waals surface area contributed by atoms with Crippen molar-refractivity contribution >= 4 is 23.6 Å². The van der Waals surface area contributed by atoms with Crippen molar-refractivity contribution in [3.05, 3.63) is 106 Å². The lowest BCUT2D eigenvalue weighted by molar-refractivity contribution is -0.139. The second-order valence-electron chi connectivity index (χ2n) is 10.7. The molecule has 1 saturated carbocycles. The fourth-order valence-electron chi connectivity index (χ4n) is 5.38. The molecule has 4 rings (SSSR count). The monoisotopic (exact) mass is 546 g/mol. The smallest absolute Gasteiger partial charge is 0.243 e. The molecule has 0 aromatic heterocycles. The molecule has 1 N–H and O–H groups in total. The third-order valence-electron chi connectivity index (χ3n) is 7.26. The molecule has 3 aromatic carbocycles. The molecule has 206 valence electrons. The van der Waals surface area contributed by atoms with Crippen LogP contribution in [0.3, 0.4) is 0 Å². The van der Waals surface area contributed by atoms with Gasteiger partial charge in [-0.15, -0.1) is 11.8 Å². The van der Waals surface area contributed by atoms with Crippen molar-refractivity contribution in [1.82, 2.24) is 10.2 Å². The number of amides is 2. The van der Waals surface area contributed by atoms with Gasteiger partial charge in [-0.25, -0.2) is 4.39 Å². The van der Waals surface area contributed by atoms with Crippen LogP contribution in [0.1, 0.15) is 59.9 Å². The standard InChI is InChI=1S/C33H39FN2O2S/c1-24-17-25(2)19-28(18-24)22-39-23-32(37)36(21-27-13-15-29(34)16-14-27)31(20-26-9-5-3-6-10-26)33(38)35-30-11-7-4-8-12-30/h3,5-6,9-10,13-19,30-31H,4,7-8,11-12,20-23H2,1-2H3,(H,35,38)/t31-/m1/s1. The first-order valence-corrected chi connectivity index (χ1v) is 15.1. The summed E-state index contributed by atoms with van der Waals surface area (Å²) in [5, 5.41) is 3.26. The molecule has 1 atom stereocenters. The number of carbonyl (C=O) groups is 2. The number of carbonyl (C=O) groups excluding carboxylic acids is 2. The molecule has 0 saturated heterocycles. The highest BCUT2D eigenvalue weighted by molar-refractivity contribution is 7.99. The lowest BCUT2D eigenvalue weighted by Crippen LogP contribution is -2.53. The molecule has 0 spiro atoms. The van der Waals surface area contributed by atoms with Gasteiger partial charge in [0.1, 0.15) is 11.9 Å². The third-order valence-corrected chi connectivity index (χ3v) is 8.25. The second kappa shape index (κ2) is 14.3. The van der Waals surface area contributed by atoms with E-state index >= 15 is 0 Å². The van der Waals surface area contributed by atoms with Crippen molar-refractivity contribution in [2.45, 2.75) is 76.8 Å². The van der Waals surface area contributed by atoms with E-state index in [2.05, 4.69) is 37.4 Å². The Labute approximate surface area is 236 Å². The Kier molecular flexibility index (Phi) is 10.6. The minimum Gasteiger partial charge on any atom is -0.352 e. The van der Waals surface area contributed by atoms with Crippen LogP contribution in [0.4, 0.5) is 4.39 Å². The van der Waals surface area contributed by atoms with Crippen LogP contribution in [0.25, 0.3) is 0 Å². The summed E-state index contributed by atoms with van der Waals surface area (Å²) >= 11 is 1.56. The highest BCUT2D eigenvalue weighted by atomic mass is 32.2. The maximum atomic E-state index is 13.8. The van der Waals surface area contributed by atoms with Gasteiger partial charge in [-0.05, 0) is 55.5 Å². The molecule has 0 aliphatic heterocycles. The molecular formula is C33H39FN2O2S. The van der Waals surface area contributed by atoms with E-state index in [0.717, 1.165) is 42.6 Å². The molecule has 39 heavy (non-hydrogen) atoms. The first-order chi connectivity index (χ1) is 18.9. The average molecular weight is 547 g/mol. The van der Waals surface area contributed by atoms with Crippen molar-refractivity contribution in [1.29, 1.82) is 0 Å². The van der Waals surface area contributed by atoms with Gasteiger partial charge in [0, 0.05) is 24.8 Å². The van der Waals surface area contributed by atoms with Crippen LogP contribution in [0.5, 0.6) is 0 Å². The van der Waals surface area contributed by atoms with E-state index < -0.39 is 6.04 Å². The SMILES string of the molecule is Cc1cc(C)cc(CSCC(=O)N(Cc2ccc(F)cc2)[C@H](Cc2ccccc2)C(=O)NC2CCCCC2)c1. The van der Waals surface area contributed by atoms with Crippen LogP contribution in [-0.4, -0.2) is 34.6 Å². The Balaban J connectivity index is 1.56. The molecular weight excluding hydrogens is 507 g/mol. The summed E-state index contributed by atoms with van der Waals surface area (Å²) in [6, 6.07) is 22.0. The minimum absolute atomic E-state index is 0.0894. The number of nitrogens with one attached hydrogen (secondary N) is 1. The van der Waals surface area contributed by atoms with Gasteiger partial charge in [-0.3, -0.25) is 9.59 Å². The average Bonchev–Trinajstić information content (AvgIpc) is 2.92. The van der Waals surface area contributed by atoms with Crippen LogP contribution in [0.15, 0.2) is 72.8 Å². The topological polar surface area (TPSA) is 49.4 Å². The van der Waals surface area contributed by atoms with Gasteiger partial charge < -0.3 is 10.2 Å². The molecule has 0 unspecified atom stereocenters. The molecule has 1 fully saturated rings. The second-order valence-corrected chi connectivity index (χ2v) is 11.7. The van der Waals surface area contributed by atoms with Crippen molar-refractivity contribution < 1.29 is 14.0 Å². The Morgan fingerprint density at radius 1 is 0.897 bits per heavy atom. The normalized spacial score (nSPS) is 14.5. The van der Waals surface area contributed by atoms with Crippen molar-refractivity contribution in [3.8, 4) is 0 Å². The number of benzene rings is 3. The zero-order valence-electron chi connectivity index (χ0n) is 23.0. The van der Waals surface area contributed by atoms with Crippen LogP contribution < -0.4 is 5.32 Å². The number of halogens is 1. The van der Waals surface area contributed by atoms with Gasteiger partial charge >= 0.3 is 0 Å². The van der Waals surface area contributed by atoms with Gasteiger partial charge in [0.25, 0.3) is 0 Å². The van der Waals surface area contributed by atoms with Gasteiger partial charge in [0.05, 0.1) is 5.75 Å². The summed E-state index contributed by atoms with van der Waals surface area (Å²) in [4.78, 5) is 29.3. The van der Waals surface area contributed by atoms with Crippen molar-refractivity contribution in [3.63, 3.8) is 0 Å². The summed E-state index contributed by atoms with van der Waals surface area (Å²) in [5.41, 5.74) is 5.40. The molecule has 1 aliphatic rings. The van der Waals surface area contributed by atoms with E-state index in [0.29, 0.717) is 6.42 Å². The maximum Gasteiger partial charge on any atom is 0.243 e. The zero-order valence-corrected chi connectivity index (χ0v) is 23.8. The number of rotatable bonds is 11. The lowest BCUT2D eigenvalue weighted by Gasteiger charge is -2.33. The number of hydrogen-bond donors (Lipinski definition) is 1. The maximum absolute atomic E-state index is 13.8. The fourth-order valence-corrected chi connectivity index (χ4v) is 6.22. The van der Waals surface area contributed by atoms with E-state index in [-0.39, 0.29) is 36.0 Å². The van der Waals surface area contributed by atoms with E-state index in [1.165, 1.54) is 35.2 Å². The fraction of sp³-hybridized carbons (Fsp3) is 0.394. The summed E-state index contributed by atoms with van der Waals surface area (Å²) in [6.45, 7) is 4.41. The molecule has 3 aromatic rings. The van der Waals surface area contributed by atoms with Crippen LogP contribution in [0, 0.1) is 19.7 Å². The number of thioether (sulfide) groups is 1. The molecule has 0 radical (unpaired) electrons. The quantitative estimate of drug-likeness (QED) is 0.289. The summed E-state index contributed by atoms with van der Waals surface area (Å²) in [6.07, 6.45) is 5.80. The van der Waals surface area contributed by atoms with Crippen molar-refractivity contribution in [2.24, 2.45) is 0 Å². The largest absolute Gasteiger partial charge is 0.352 e. The predicted molar refractivity (Wildman–Crippen MR) is 158 cm³/mol. The first kappa shape index (κ1) is 28.9. The molecule has 0 heterocycles. The minimum atomic E-state index is -0.659. The highest BCUT2D eigenvalue weighted by Crippen LogP contribution is 2.22. The van der Waals surface area contributed by atoms with Crippen molar-refractivity contribution in [2.75, 3.05) is 5.75 Å². The van der Waals surface area contributed by atoms with Crippen LogP contribution in [0.2, 0.25) is 0 Å². The Morgan fingerprint density at radius 2 is 1.56 bits per heavy atom. The van der Waals surface area contributed by atoms with Gasteiger partial charge in [0.15, 0.2) is 0 Å². The predicted octanol–water partition coefficient (Wildman–Crippen LogP) is 6.76. The lowest BCUT2D eigenvalue weighted by atomic mass is 9.94. The van der Waals surface area contributed by atoms with Crippen LogP contribution >= 0.6 is 11.8 Å². The van der Waals surface area contributed by atoms with Crippen LogP contribution in [-0.2, 0) is 28.3 Å². The van der Waals surface area contributed by atoms with E-state index in [1.54, 1.807) is 28.8 Å². The third kappa shape index (κ3) is 8.96. The highest BCUT2D eigenvalue weighted by Gasteiger charge is 2.31. The molecule has 6 heteroatoms. The van der Waals surface area contributed by atoms with E-state index in [1.807, 2.05) is 30.3 Å². The number of nitrogens with zero attached hydrogens (tertiary/aromatic N) is 1. The summed E-state index contributed by atoms with van der Waals surface area (Å²) < 4.78 is 13.7. The van der Waals surface area contributed by atoms with Gasteiger partial charge in [-0.2, -0.15) is 0 Å². The molecule has 1 aliphatic carbocycles.